The van der Waals surface area contributed by atoms with Gasteiger partial charge in [-0.15, -0.1) is 0 Å². The molecule has 15 heteroatoms. The van der Waals surface area contributed by atoms with Gasteiger partial charge in [0, 0.05) is 18.6 Å². The van der Waals surface area contributed by atoms with Gasteiger partial charge in [-0.25, -0.2) is 0 Å². The summed E-state index contributed by atoms with van der Waals surface area (Å²) in [6, 6.07) is -2.54. The highest BCUT2D eigenvalue weighted by Crippen LogP contribution is 2.32. The number of aliphatic hydroxyl groups excluding tert-OH is 6. The smallest absolute Gasteiger partial charge is 0.187 e. The minimum Gasteiger partial charge on any atom is -0.394 e. The molecule has 0 aromatic rings. The Morgan fingerprint density at radius 3 is 2.00 bits per heavy atom. The first-order valence-electron chi connectivity index (χ1n) is 11.3. The lowest BCUT2D eigenvalue weighted by atomic mass is 9.84. The quantitative estimate of drug-likeness (QED) is 0.141. The maximum atomic E-state index is 10.9. The first kappa shape index (κ1) is 28.0. The SMILES string of the molecule is NC[C@@H]1O[C@H](O[C@H]2[C@@H](O)[C@H](O[C@@H]3[C@@H](O)[C@H](N)C[C@H](N)[C@H]3OCCO)O[C@@H]2CO)[C@H](N)[C@@H](O)[C@@H]1O. The second-order valence-electron chi connectivity index (χ2n) is 8.87. The van der Waals surface area contributed by atoms with Gasteiger partial charge >= 0.3 is 0 Å². The Kier molecular flexibility index (Phi) is 9.95. The van der Waals surface area contributed by atoms with E-state index in [9.17, 15) is 25.5 Å². The fourth-order valence-corrected chi connectivity index (χ4v) is 4.55. The van der Waals surface area contributed by atoms with Crippen molar-refractivity contribution in [1.29, 1.82) is 0 Å². The van der Waals surface area contributed by atoms with Gasteiger partial charge in [0.25, 0.3) is 0 Å². The molecule has 34 heavy (non-hydrogen) atoms. The predicted octanol–water partition coefficient (Wildman–Crippen LogP) is -6.64. The summed E-state index contributed by atoms with van der Waals surface area (Å²) in [4.78, 5) is 0. The maximum absolute atomic E-state index is 10.9. The van der Waals surface area contributed by atoms with Gasteiger partial charge in [0.2, 0.25) is 0 Å². The van der Waals surface area contributed by atoms with Gasteiger partial charge in [-0.2, -0.15) is 0 Å². The summed E-state index contributed by atoms with van der Waals surface area (Å²) in [6.45, 7) is -1.05. The van der Waals surface area contributed by atoms with Crippen molar-refractivity contribution in [1.82, 2.24) is 0 Å². The Bertz CT molecular complexity index is 637. The zero-order valence-corrected chi connectivity index (χ0v) is 18.7. The van der Waals surface area contributed by atoms with Crippen molar-refractivity contribution in [2.45, 2.75) is 92.1 Å². The van der Waals surface area contributed by atoms with Crippen molar-refractivity contribution in [3.8, 4) is 0 Å². The molecule has 1 saturated carbocycles. The number of hydrogen-bond acceptors (Lipinski definition) is 15. The Hall–Kier alpha value is -0.600. The topological polar surface area (TPSA) is 272 Å². The van der Waals surface area contributed by atoms with Gasteiger partial charge in [-0.3, -0.25) is 0 Å². The van der Waals surface area contributed by atoms with Crippen LogP contribution in [0.4, 0.5) is 0 Å². The lowest BCUT2D eigenvalue weighted by Gasteiger charge is -2.43. The minimum atomic E-state index is -1.49. The van der Waals surface area contributed by atoms with Crippen LogP contribution in [0.2, 0.25) is 0 Å². The molecule has 1 aliphatic carbocycles. The molecule has 0 unspecified atom stereocenters. The van der Waals surface area contributed by atoms with Crippen molar-refractivity contribution in [3.63, 3.8) is 0 Å². The Labute approximate surface area is 196 Å². The van der Waals surface area contributed by atoms with Crippen molar-refractivity contribution < 1.29 is 54.3 Å². The lowest BCUT2D eigenvalue weighted by molar-refractivity contribution is -0.280. The van der Waals surface area contributed by atoms with Crippen LogP contribution in [0.3, 0.4) is 0 Å². The molecule has 0 amide bonds. The summed E-state index contributed by atoms with van der Waals surface area (Å²) in [5.41, 5.74) is 23.6. The number of hydrogen-bond donors (Lipinski definition) is 10. The highest BCUT2D eigenvalue weighted by atomic mass is 16.8. The van der Waals surface area contributed by atoms with E-state index in [1.165, 1.54) is 0 Å². The van der Waals surface area contributed by atoms with Gasteiger partial charge < -0.3 is 77.3 Å². The molecule has 200 valence electrons. The molecule has 3 rings (SSSR count). The van der Waals surface area contributed by atoms with Crippen molar-refractivity contribution >= 4 is 0 Å². The van der Waals surface area contributed by atoms with Crippen molar-refractivity contribution in [3.05, 3.63) is 0 Å². The van der Waals surface area contributed by atoms with E-state index in [0.29, 0.717) is 0 Å². The normalized spacial score (nSPS) is 49.9. The summed E-state index contributed by atoms with van der Waals surface area (Å²) in [5, 5.41) is 60.6. The molecule has 2 aliphatic heterocycles. The van der Waals surface area contributed by atoms with Crippen LogP contribution >= 0.6 is 0 Å². The third kappa shape index (κ3) is 5.69. The van der Waals surface area contributed by atoms with Crippen molar-refractivity contribution in [2.24, 2.45) is 22.9 Å². The number of ether oxygens (including phenoxy) is 5. The van der Waals surface area contributed by atoms with E-state index in [1.807, 2.05) is 0 Å². The average molecular weight is 499 g/mol. The van der Waals surface area contributed by atoms with Gasteiger partial charge in [-0.1, -0.05) is 0 Å². The molecule has 3 fully saturated rings. The predicted molar refractivity (Wildman–Crippen MR) is 113 cm³/mol. The molecule has 0 radical (unpaired) electrons. The summed E-state index contributed by atoms with van der Waals surface area (Å²) >= 11 is 0. The molecule has 2 heterocycles. The molecule has 0 aromatic heterocycles. The van der Waals surface area contributed by atoms with Gasteiger partial charge in [0.05, 0.1) is 32.0 Å². The molecule has 15 nitrogen and oxygen atoms in total. The van der Waals surface area contributed by atoms with E-state index < -0.39 is 92.2 Å². The standard InChI is InChI=1S/C19H38N4O11/c20-4-8-12(27)13(28)10(23)18(31-8)33-16-9(5-25)32-19(14(16)29)34-17-11(26)6(21)3-7(22)15(17)30-2-1-24/h6-19,24-29H,1-5,20-23H2/t6-,7+,8+,9-,10-,11+,12-,13-,14-,15-,16-,17-,18-,19+/m1/s1. The largest absolute Gasteiger partial charge is 0.394 e. The zero-order valence-electron chi connectivity index (χ0n) is 18.7. The van der Waals surface area contributed by atoms with Gasteiger partial charge in [-0.05, 0) is 6.42 Å². The van der Waals surface area contributed by atoms with E-state index >= 15 is 0 Å². The third-order valence-corrected chi connectivity index (χ3v) is 6.50. The van der Waals surface area contributed by atoms with Crippen LogP contribution in [0.25, 0.3) is 0 Å². The number of aliphatic hydroxyl groups is 6. The summed E-state index contributed by atoms with van der Waals surface area (Å²) in [5.74, 6) is 0. The monoisotopic (exact) mass is 498 g/mol. The van der Waals surface area contributed by atoms with Crippen LogP contribution in [0, 0.1) is 0 Å². The molecule has 0 bridgehead atoms. The summed E-state index contributed by atoms with van der Waals surface area (Å²) in [6.07, 6.45) is -13.1. The van der Waals surface area contributed by atoms with Crippen LogP contribution in [-0.2, 0) is 23.7 Å². The first-order chi connectivity index (χ1) is 16.1. The van der Waals surface area contributed by atoms with Crippen molar-refractivity contribution in [2.75, 3.05) is 26.4 Å². The van der Waals surface area contributed by atoms with Gasteiger partial charge in [0.1, 0.15) is 48.8 Å². The van der Waals surface area contributed by atoms with Crippen LogP contribution in [0.5, 0.6) is 0 Å². The van der Waals surface area contributed by atoms with E-state index in [1.54, 1.807) is 0 Å². The second-order valence-corrected chi connectivity index (χ2v) is 8.87. The highest BCUT2D eigenvalue weighted by Gasteiger charge is 2.52. The molecule has 2 saturated heterocycles. The zero-order chi connectivity index (χ0) is 25.2. The number of rotatable bonds is 9. The molecule has 0 spiro atoms. The van der Waals surface area contributed by atoms with E-state index in [-0.39, 0.29) is 26.2 Å². The second kappa shape index (κ2) is 12.1. The lowest BCUT2D eigenvalue weighted by Crippen LogP contribution is -2.64. The fraction of sp³-hybridized carbons (Fsp3) is 1.00. The van der Waals surface area contributed by atoms with Crippen LogP contribution in [0.1, 0.15) is 6.42 Å². The Morgan fingerprint density at radius 1 is 0.735 bits per heavy atom. The Balaban J connectivity index is 1.72. The highest BCUT2D eigenvalue weighted by molar-refractivity contribution is 5.00. The van der Waals surface area contributed by atoms with E-state index in [4.69, 9.17) is 51.7 Å². The Morgan fingerprint density at radius 2 is 1.38 bits per heavy atom. The van der Waals surface area contributed by atoms with E-state index in [2.05, 4.69) is 0 Å². The van der Waals surface area contributed by atoms with Crippen LogP contribution < -0.4 is 22.9 Å². The minimum absolute atomic E-state index is 0.0628. The van der Waals surface area contributed by atoms with Crippen LogP contribution in [-0.4, -0.2) is 143 Å². The molecular weight excluding hydrogens is 460 g/mol. The molecular formula is C19H38N4O11. The summed E-state index contributed by atoms with van der Waals surface area (Å²) < 4.78 is 28.3. The molecule has 3 aliphatic rings. The molecule has 14 N–H and O–H groups in total. The maximum Gasteiger partial charge on any atom is 0.187 e. The fourth-order valence-electron chi connectivity index (χ4n) is 4.55. The molecule has 0 aromatic carbocycles. The van der Waals surface area contributed by atoms with Gasteiger partial charge in [0.15, 0.2) is 12.6 Å². The molecule has 14 atom stereocenters. The average Bonchev–Trinajstić information content (AvgIpc) is 3.11. The summed E-state index contributed by atoms with van der Waals surface area (Å²) in [7, 11) is 0. The first-order valence-corrected chi connectivity index (χ1v) is 11.3. The van der Waals surface area contributed by atoms with E-state index in [0.717, 1.165) is 0 Å². The van der Waals surface area contributed by atoms with Crippen LogP contribution in [0.15, 0.2) is 0 Å². The third-order valence-electron chi connectivity index (χ3n) is 6.50. The number of nitrogens with two attached hydrogens (primary N) is 4.